The Morgan fingerprint density at radius 2 is 1.75 bits per heavy atom. The van der Waals surface area contributed by atoms with Crippen molar-refractivity contribution in [2.45, 2.75) is 38.7 Å². The van der Waals surface area contributed by atoms with Crippen LogP contribution in [0.1, 0.15) is 30.9 Å². The molecule has 0 saturated heterocycles. The highest BCUT2D eigenvalue weighted by atomic mass is 19.1. The van der Waals surface area contributed by atoms with E-state index in [0.29, 0.717) is 5.75 Å². The fourth-order valence-corrected chi connectivity index (χ4v) is 2.88. The van der Waals surface area contributed by atoms with Crippen LogP contribution in [0.3, 0.4) is 0 Å². The lowest BCUT2D eigenvalue weighted by molar-refractivity contribution is -0.122. The molecule has 0 spiro atoms. The third kappa shape index (κ3) is 3.55. The number of rotatable bonds is 4. The summed E-state index contributed by atoms with van der Waals surface area (Å²) in [5, 5.41) is 2.25. The number of para-hydroxylation sites is 1. The normalized spacial score (nSPS) is 14.6. The van der Waals surface area contributed by atoms with Gasteiger partial charge in [-0.05, 0) is 68.0 Å². The van der Waals surface area contributed by atoms with Crippen molar-refractivity contribution in [2.75, 3.05) is 5.32 Å². The summed E-state index contributed by atoms with van der Waals surface area (Å²) in [5.41, 5.74) is 2.11. The van der Waals surface area contributed by atoms with Crippen LogP contribution in [0.4, 0.5) is 14.5 Å². The third-order valence-electron chi connectivity index (χ3n) is 4.21. The molecule has 1 atom stereocenters. The number of fused-ring (bicyclic) bond motifs is 1. The van der Waals surface area contributed by atoms with Gasteiger partial charge >= 0.3 is 0 Å². The Morgan fingerprint density at radius 3 is 2.46 bits per heavy atom. The highest BCUT2D eigenvalue weighted by Gasteiger charge is 2.19. The third-order valence-corrected chi connectivity index (χ3v) is 4.21. The zero-order valence-electron chi connectivity index (χ0n) is 13.4. The highest BCUT2D eigenvalue weighted by Crippen LogP contribution is 2.26. The van der Waals surface area contributed by atoms with Gasteiger partial charge in [0.15, 0.2) is 6.10 Å². The van der Waals surface area contributed by atoms with Gasteiger partial charge in [-0.15, -0.1) is 0 Å². The molecular weight excluding hydrogens is 312 g/mol. The number of ether oxygens (including phenoxy) is 1. The van der Waals surface area contributed by atoms with Crippen LogP contribution in [0, 0.1) is 11.6 Å². The summed E-state index contributed by atoms with van der Waals surface area (Å²) in [4.78, 5) is 12.1. The molecule has 0 heterocycles. The lowest BCUT2D eigenvalue weighted by Crippen LogP contribution is -2.31. The zero-order chi connectivity index (χ0) is 17.1. The lowest BCUT2D eigenvalue weighted by atomic mass is 9.92. The monoisotopic (exact) mass is 331 g/mol. The first-order valence-corrected chi connectivity index (χ1v) is 8.08. The Labute approximate surface area is 139 Å². The van der Waals surface area contributed by atoms with Crippen LogP contribution in [-0.2, 0) is 17.6 Å². The predicted octanol–water partition coefficient (Wildman–Crippen LogP) is 4.25. The van der Waals surface area contributed by atoms with Gasteiger partial charge in [0.1, 0.15) is 23.1 Å². The first-order valence-electron chi connectivity index (χ1n) is 8.08. The van der Waals surface area contributed by atoms with Crippen molar-refractivity contribution < 1.29 is 18.3 Å². The van der Waals surface area contributed by atoms with Crippen molar-refractivity contribution in [1.29, 1.82) is 0 Å². The Bertz CT molecular complexity index is 741. The maximum Gasteiger partial charge on any atom is 0.265 e. The number of hydrogen-bond donors (Lipinski definition) is 1. The molecule has 2 aromatic rings. The minimum atomic E-state index is -0.870. The summed E-state index contributed by atoms with van der Waals surface area (Å²) in [7, 11) is 0. The van der Waals surface area contributed by atoms with E-state index in [0.717, 1.165) is 31.4 Å². The van der Waals surface area contributed by atoms with Gasteiger partial charge in [-0.3, -0.25) is 4.79 Å². The summed E-state index contributed by atoms with van der Waals surface area (Å²) in [6, 6.07) is 9.22. The van der Waals surface area contributed by atoms with E-state index in [9.17, 15) is 13.6 Å². The van der Waals surface area contributed by atoms with Crippen LogP contribution in [0.25, 0.3) is 0 Å². The van der Waals surface area contributed by atoms with Crippen LogP contribution >= 0.6 is 0 Å². The topological polar surface area (TPSA) is 38.3 Å². The Balaban J connectivity index is 1.68. The molecule has 1 unspecified atom stereocenters. The number of benzene rings is 2. The first kappa shape index (κ1) is 16.4. The van der Waals surface area contributed by atoms with Gasteiger partial charge in [-0.1, -0.05) is 12.1 Å². The molecule has 0 aliphatic heterocycles. The summed E-state index contributed by atoms with van der Waals surface area (Å²) >= 11 is 0. The van der Waals surface area contributed by atoms with Crippen LogP contribution in [0.15, 0.2) is 36.4 Å². The maximum absolute atomic E-state index is 13.6. The second-order valence-corrected chi connectivity index (χ2v) is 5.98. The van der Waals surface area contributed by atoms with Gasteiger partial charge in [0.2, 0.25) is 0 Å². The van der Waals surface area contributed by atoms with E-state index in [1.165, 1.54) is 23.6 Å². The van der Waals surface area contributed by atoms with E-state index in [-0.39, 0.29) is 0 Å². The van der Waals surface area contributed by atoms with E-state index in [1.807, 2.05) is 18.2 Å². The molecule has 3 rings (SSSR count). The smallest absolute Gasteiger partial charge is 0.265 e. The molecule has 3 nitrogen and oxygen atoms in total. The Hall–Kier alpha value is -2.43. The van der Waals surface area contributed by atoms with Crippen LogP contribution in [-0.4, -0.2) is 12.0 Å². The second kappa shape index (κ2) is 6.99. The van der Waals surface area contributed by atoms with Crippen molar-refractivity contribution in [3.63, 3.8) is 0 Å². The molecule has 5 heteroatoms. The quantitative estimate of drug-likeness (QED) is 0.909. The molecule has 2 aromatic carbocycles. The van der Waals surface area contributed by atoms with Gasteiger partial charge < -0.3 is 10.1 Å². The van der Waals surface area contributed by atoms with Crippen LogP contribution in [0.2, 0.25) is 0 Å². The van der Waals surface area contributed by atoms with Gasteiger partial charge in [0, 0.05) is 0 Å². The molecule has 126 valence electrons. The molecule has 0 radical (unpaired) electrons. The van der Waals surface area contributed by atoms with Gasteiger partial charge in [0.05, 0.1) is 0 Å². The van der Waals surface area contributed by atoms with Crippen molar-refractivity contribution in [3.8, 4) is 5.75 Å². The summed E-state index contributed by atoms with van der Waals surface area (Å²) in [6.07, 6.45) is 3.55. The molecular formula is C19H19F2NO2. The number of anilines is 1. The average Bonchev–Trinajstić information content (AvgIpc) is 2.58. The first-order chi connectivity index (χ1) is 11.5. The number of carbonyl (C=O) groups is 1. The van der Waals surface area contributed by atoms with Crippen molar-refractivity contribution in [3.05, 3.63) is 59.2 Å². The molecule has 1 aliphatic rings. The average molecular weight is 331 g/mol. The molecule has 1 aliphatic carbocycles. The fraction of sp³-hybridized carbons (Fsp3) is 0.316. The second-order valence-electron chi connectivity index (χ2n) is 5.98. The van der Waals surface area contributed by atoms with Crippen molar-refractivity contribution in [2.24, 2.45) is 0 Å². The number of aryl methyl sites for hydroxylation is 2. The van der Waals surface area contributed by atoms with E-state index < -0.39 is 29.3 Å². The SMILES string of the molecule is CC(Oc1ccc2c(c1)CCCC2)C(=O)Nc1c(F)cccc1F. The standard InChI is InChI=1S/C19H19F2NO2/c1-12(19(23)22-18-16(20)7-4-8-17(18)21)24-15-10-9-13-5-2-3-6-14(13)11-15/h4,7-12H,2-3,5-6H2,1H3,(H,22,23). The number of amides is 1. The Morgan fingerprint density at radius 1 is 1.08 bits per heavy atom. The number of carbonyl (C=O) groups excluding carboxylic acids is 1. The fourth-order valence-electron chi connectivity index (χ4n) is 2.88. The van der Waals surface area contributed by atoms with Crippen LogP contribution in [0.5, 0.6) is 5.75 Å². The van der Waals surface area contributed by atoms with Gasteiger partial charge in [-0.25, -0.2) is 8.78 Å². The Kier molecular flexibility index (Phi) is 4.79. The number of hydrogen-bond acceptors (Lipinski definition) is 2. The number of halogens is 2. The van der Waals surface area contributed by atoms with E-state index in [2.05, 4.69) is 5.32 Å². The summed E-state index contributed by atoms with van der Waals surface area (Å²) in [5.74, 6) is -1.64. The van der Waals surface area contributed by atoms with Gasteiger partial charge in [0.25, 0.3) is 5.91 Å². The minimum Gasteiger partial charge on any atom is -0.481 e. The van der Waals surface area contributed by atoms with Crippen LogP contribution < -0.4 is 10.1 Å². The molecule has 0 bridgehead atoms. The molecule has 0 aromatic heterocycles. The summed E-state index contributed by atoms with van der Waals surface area (Å²) < 4.78 is 32.8. The van der Waals surface area contributed by atoms with Gasteiger partial charge in [-0.2, -0.15) is 0 Å². The molecule has 1 N–H and O–H groups in total. The van der Waals surface area contributed by atoms with E-state index in [1.54, 1.807) is 6.92 Å². The van der Waals surface area contributed by atoms with Crippen molar-refractivity contribution >= 4 is 11.6 Å². The molecule has 1 amide bonds. The largest absolute Gasteiger partial charge is 0.481 e. The lowest BCUT2D eigenvalue weighted by Gasteiger charge is -2.19. The highest BCUT2D eigenvalue weighted by molar-refractivity contribution is 5.94. The minimum absolute atomic E-state index is 0.455. The molecule has 0 fully saturated rings. The summed E-state index contributed by atoms with van der Waals surface area (Å²) in [6.45, 7) is 1.55. The molecule has 0 saturated carbocycles. The van der Waals surface area contributed by atoms with E-state index >= 15 is 0 Å². The maximum atomic E-state index is 13.6. The van der Waals surface area contributed by atoms with E-state index in [4.69, 9.17) is 4.74 Å². The zero-order valence-corrected chi connectivity index (χ0v) is 13.4. The predicted molar refractivity (Wildman–Crippen MR) is 88.2 cm³/mol. The molecule has 24 heavy (non-hydrogen) atoms. The number of nitrogens with one attached hydrogen (secondary N) is 1. The van der Waals surface area contributed by atoms with Crippen molar-refractivity contribution in [1.82, 2.24) is 0 Å².